The summed E-state index contributed by atoms with van der Waals surface area (Å²) in [6.45, 7) is 5.76. The van der Waals surface area contributed by atoms with E-state index >= 15 is 0 Å². The molecule has 1 N–H and O–H groups in total. The number of nitrogens with zero attached hydrogens (tertiary/aromatic N) is 1. The number of hydrogen-bond donors (Lipinski definition) is 1. The zero-order valence-electron chi connectivity index (χ0n) is 13.1. The minimum atomic E-state index is -0.412. The lowest BCUT2D eigenvalue weighted by atomic mass is 10.1. The number of ether oxygens (including phenoxy) is 1. The second-order valence-corrected chi connectivity index (χ2v) is 6.19. The van der Waals surface area contributed by atoms with Crippen molar-refractivity contribution in [2.75, 3.05) is 6.61 Å². The molecule has 5 nitrogen and oxygen atoms in total. The SMILES string of the molecule is CCOC(=O)c1sc2nc(-c3ccccc3C)[nH]c(=O)c2c1C. The van der Waals surface area contributed by atoms with Crippen molar-refractivity contribution in [3.63, 3.8) is 0 Å². The van der Waals surface area contributed by atoms with Crippen LogP contribution in [0.25, 0.3) is 21.6 Å². The van der Waals surface area contributed by atoms with E-state index in [0.717, 1.165) is 11.1 Å². The van der Waals surface area contributed by atoms with Crippen LogP contribution < -0.4 is 5.56 Å². The number of H-pyrrole nitrogens is 1. The highest BCUT2D eigenvalue weighted by Crippen LogP contribution is 2.29. The highest BCUT2D eigenvalue weighted by molar-refractivity contribution is 7.20. The van der Waals surface area contributed by atoms with Crippen LogP contribution in [0.4, 0.5) is 0 Å². The van der Waals surface area contributed by atoms with Gasteiger partial charge in [-0.3, -0.25) is 4.79 Å². The van der Waals surface area contributed by atoms with Gasteiger partial charge in [0.25, 0.3) is 5.56 Å². The van der Waals surface area contributed by atoms with E-state index in [1.165, 1.54) is 11.3 Å². The van der Waals surface area contributed by atoms with Crippen molar-refractivity contribution in [2.45, 2.75) is 20.8 Å². The molecule has 0 saturated heterocycles. The molecule has 3 aromatic rings. The lowest BCUT2D eigenvalue weighted by molar-refractivity contribution is 0.0531. The van der Waals surface area contributed by atoms with Gasteiger partial charge >= 0.3 is 5.97 Å². The van der Waals surface area contributed by atoms with Gasteiger partial charge in [-0.1, -0.05) is 24.3 Å². The molecule has 0 amide bonds. The summed E-state index contributed by atoms with van der Waals surface area (Å²) in [6.07, 6.45) is 0. The maximum absolute atomic E-state index is 12.5. The lowest BCUT2D eigenvalue weighted by Crippen LogP contribution is -2.10. The van der Waals surface area contributed by atoms with E-state index < -0.39 is 5.97 Å². The third-order valence-corrected chi connectivity index (χ3v) is 4.83. The first kappa shape index (κ1) is 15.4. The fourth-order valence-corrected chi connectivity index (χ4v) is 3.58. The molecule has 3 rings (SSSR count). The second-order valence-electron chi connectivity index (χ2n) is 5.19. The number of esters is 1. The number of aryl methyl sites for hydroxylation is 2. The maximum Gasteiger partial charge on any atom is 0.348 e. The number of hydrogen-bond acceptors (Lipinski definition) is 5. The van der Waals surface area contributed by atoms with Gasteiger partial charge in [-0.15, -0.1) is 11.3 Å². The van der Waals surface area contributed by atoms with Crippen LogP contribution in [0.2, 0.25) is 0 Å². The van der Waals surface area contributed by atoms with Gasteiger partial charge in [-0.05, 0) is 31.9 Å². The van der Waals surface area contributed by atoms with Gasteiger partial charge in [0.15, 0.2) is 0 Å². The quantitative estimate of drug-likeness (QED) is 0.748. The molecule has 0 aliphatic carbocycles. The number of carbonyl (C=O) groups is 1. The molecule has 0 bridgehead atoms. The molecule has 0 fully saturated rings. The van der Waals surface area contributed by atoms with E-state index in [-0.39, 0.29) is 5.56 Å². The molecule has 0 unspecified atom stereocenters. The Kier molecular flexibility index (Phi) is 4.00. The number of aromatic amines is 1. The Bertz CT molecular complexity index is 956. The maximum atomic E-state index is 12.5. The van der Waals surface area contributed by atoms with Crippen molar-refractivity contribution in [3.8, 4) is 11.4 Å². The van der Waals surface area contributed by atoms with Crippen LogP contribution in [0.15, 0.2) is 29.1 Å². The molecule has 23 heavy (non-hydrogen) atoms. The predicted molar refractivity (Wildman–Crippen MR) is 91.1 cm³/mol. The standard InChI is InChI=1S/C17H16N2O3S/c1-4-22-17(21)13-10(3)12-15(20)18-14(19-16(12)23-13)11-8-6-5-7-9(11)2/h5-8H,4H2,1-3H3,(H,18,19,20). The number of nitrogens with one attached hydrogen (secondary N) is 1. The van der Waals surface area contributed by atoms with E-state index in [2.05, 4.69) is 9.97 Å². The molecule has 6 heteroatoms. The third kappa shape index (κ3) is 2.66. The monoisotopic (exact) mass is 328 g/mol. The van der Waals surface area contributed by atoms with Crippen molar-refractivity contribution in [1.82, 2.24) is 9.97 Å². The molecule has 0 radical (unpaired) electrons. The smallest absolute Gasteiger partial charge is 0.348 e. The summed E-state index contributed by atoms with van der Waals surface area (Å²) in [6, 6.07) is 7.70. The van der Waals surface area contributed by atoms with Gasteiger partial charge in [0.1, 0.15) is 15.5 Å². The fourth-order valence-electron chi connectivity index (χ4n) is 2.50. The van der Waals surface area contributed by atoms with Crippen molar-refractivity contribution in [2.24, 2.45) is 0 Å². The van der Waals surface area contributed by atoms with Gasteiger partial charge < -0.3 is 9.72 Å². The molecular weight excluding hydrogens is 312 g/mol. The van der Waals surface area contributed by atoms with Gasteiger partial charge in [0, 0.05) is 5.56 Å². The molecule has 0 aliphatic rings. The number of fused-ring (bicyclic) bond motifs is 1. The predicted octanol–water partition coefficient (Wildman–Crippen LogP) is 3.45. The minimum absolute atomic E-state index is 0.238. The normalized spacial score (nSPS) is 10.9. The highest BCUT2D eigenvalue weighted by atomic mass is 32.1. The molecule has 0 saturated carbocycles. The Morgan fingerprint density at radius 2 is 2.04 bits per heavy atom. The minimum Gasteiger partial charge on any atom is -0.462 e. The van der Waals surface area contributed by atoms with E-state index in [1.54, 1.807) is 13.8 Å². The Morgan fingerprint density at radius 3 is 2.74 bits per heavy atom. The summed E-state index contributed by atoms with van der Waals surface area (Å²) in [5.74, 6) is 0.0992. The summed E-state index contributed by atoms with van der Waals surface area (Å²) in [5, 5.41) is 0.454. The first-order valence-corrected chi connectivity index (χ1v) is 8.11. The van der Waals surface area contributed by atoms with E-state index in [4.69, 9.17) is 4.74 Å². The topological polar surface area (TPSA) is 72.0 Å². The third-order valence-electron chi connectivity index (χ3n) is 3.66. The van der Waals surface area contributed by atoms with Crippen LogP contribution in [0, 0.1) is 13.8 Å². The zero-order valence-corrected chi connectivity index (χ0v) is 13.9. The van der Waals surface area contributed by atoms with Gasteiger partial charge in [-0.2, -0.15) is 0 Å². The number of rotatable bonds is 3. The number of aromatic nitrogens is 2. The molecule has 2 aromatic heterocycles. The van der Waals surface area contributed by atoms with Crippen molar-refractivity contribution < 1.29 is 9.53 Å². The summed E-state index contributed by atoms with van der Waals surface area (Å²) in [5.41, 5.74) is 2.27. The van der Waals surface area contributed by atoms with Crippen LogP contribution in [0.1, 0.15) is 27.7 Å². The Balaban J connectivity index is 2.22. The molecule has 118 valence electrons. The van der Waals surface area contributed by atoms with Crippen molar-refractivity contribution in [3.05, 3.63) is 50.6 Å². The van der Waals surface area contributed by atoms with E-state index in [0.29, 0.717) is 33.1 Å². The average Bonchev–Trinajstić information content (AvgIpc) is 2.85. The van der Waals surface area contributed by atoms with Crippen LogP contribution in [0.5, 0.6) is 0 Å². The largest absolute Gasteiger partial charge is 0.462 e. The summed E-state index contributed by atoms with van der Waals surface area (Å²) >= 11 is 1.20. The summed E-state index contributed by atoms with van der Waals surface area (Å²) in [4.78, 5) is 32.8. The number of benzene rings is 1. The molecule has 0 atom stereocenters. The van der Waals surface area contributed by atoms with Gasteiger partial charge in [-0.25, -0.2) is 9.78 Å². The van der Waals surface area contributed by atoms with E-state index in [1.807, 2.05) is 31.2 Å². The van der Waals surface area contributed by atoms with E-state index in [9.17, 15) is 9.59 Å². The number of carbonyl (C=O) groups excluding carboxylic acids is 1. The Labute approximate surface area is 137 Å². The summed E-state index contributed by atoms with van der Waals surface area (Å²) in [7, 11) is 0. The van der Waals surface area contributed by atoms with Crippen LogP contribution in [-0.4, -0.2) is 22.5 Å². The first-order chi connectivity index (χ1) is 11.0. The van der Waals surface area contributed by atoms with Gasteiger partial charge in [0.05, 0.1) is 12.0 Å². The Morgan fingerprint density at radius 1 is 1.30 bits per heavy atom. The van der Waals surface area contributed by atoms with Crippen LogP contribution in [-0.2, 0) is 4.74 Å². The molecule has 2 heterocycles. The Hall–Kier alpha value is -2.47. The molecule has 1 aromatic carbocycles. The van der Waals surface area contributed by atoms with Gasteiger partial charge in [0.2, 0.25) is 0 Å². The summed E-state index contributed by atoms with van der Waals surface area (Å²) < 4.78 is 5.04. The fraction of sp³-hybridized carbons (Fsp3) is 0.235. The zero-order chi connectivity index (χ0) is 16.6. The first-order valence-electron chi connectivity index (χ1n) is 7.29. The van der Waals surface area contributed by atoms with Crippen molar-refractivity contribution in [1.29, 1.82) is 0 Å². The van der Waals surface area contributed by atoms with Crippen LogP contribution >= 0.6 is 11.3 Å². The second kappa shape index (κ2) is 5.96. The van der Waals surface area contributed by atoms with Crippen LogP contribution in [0.3, 0.4) is 0 Å². The molecule has 0 spiro atoms. The average molecular weight is 328 g/mol. The lowest BCUT2D eigenvalue weighted by Gasteiger charge is -2.04. The van der Waals surface area contributed by atoms with Crippen molar-refractivity contribution >= 4 is 27.5 Å². The molecular formula is C17H16N2O3S. The number of thiophene rings is 1. The highest BCUT2D eigenvalue weighted by Gasteiger charge is 2.20. The molecule has 0 aliphatic heterocycles.